The fourth-order valence-corrected chi connectivity index (χ4v) is 3.09. The molecule has 0 saturated heterocycles. The second-order valence-electron chi connectivity index (χ2n) is 7.20. The van der Waals surface area contributed by atoms with Crippen LogP contribution in [-0.2, 0) is 4.79 Å². The van der Waals surface area contributed by atoms with Gasteiger partial charge in [0.25, 0.3) is 0 Å². The molecule has 0 atom stereocenters. The molecule has 0 aromatic carbocycles. The maximum atomic E-state index is 13.6. The van der Waals surface area contributed by atoms with E-state index in [9.17, 15) is 9.18 Å². The van der Waals surface area contributed by atoms with E-state index in [4.69, 9.17) is 0 Å². The summed E-state index contributed by atoms with van der Waals surface area (Å²) < 4.78 is 15.3. The summed E-state index contributed by atoms with van der Waals surface area (Å²) in [6, 6.07) is 10.2. The van der Waals surface area contributed by atoms with E-state index in [2.05, 4.69) is 30.7 Å². The normalized spacial score (nSPS) is 13.4. The standard InChI is InChI=1S/C21H18FN7O/c1-12-15(22)6-7-16(24-12)19-27-20(17-3-2-10-29(17)28-19)25-14-8-9-23-18(11-14)26-21(30)13-4-5-13/h2-3,6-11,13H,4-5H2,1H3,(H2,23,25,26,27,28,30). The summed E-state index contributed by atoms with van der Waals surface area (Å²) in [5, 5.41) is 10.6. The summed E-state index contributed by atoms with van der Waals surface area (Å²) in [7, 11) is 0. The average Bonchev–Trinajstić information content (AvgIpc) is 3.48. The van der Waals surface area contributed by atoms with Crippen molar-refractivity contribution in [2.75, 3.05) is 10.6 Å². The number of pyridine rings is 2. The molecular formula is C21H18FN7O. The van der Waals surface area contributed by atoms with Crippen LogP contribution in [0.5, 0.6) is 0 Å². The first-order valence-corrected chi connectivity index (χ1v) is 9.60. The van der Waals surface area contributed by atoms with Crippen molar-refractivity contribution < 1.29 is 9.18 Å². The van der Waals surface area contributed by atoms with Gasteiger partial charge in [0.1, 0.15) is 22.8 Å². The molecule has 30 heavy (non-hydrogen) atoms. The van der Waals surface area contributed by atoms with Crippen LogP contribution in [0.3, 0.4) is 0 Å². The fraction of sp³-hybridized carbons (Fsp3) is 0.190. The molecule has 1 fully saturated rings. The summed E-state index contributed by atoms with van der Waals surface area (Å²) in [5.74, 6) is 1.11. The van der Waals surface area contributed by atoms with Crippen molar-refractivity contribution in [2.24, 2.45) is 5.92 Å². The Balaban J connectivity index is 1.49. The Labute approximate surface area is 171 Å². The van der Waals surface area contributed by atoms with Crippen LogP contribution in [0, 0.1) is 18.7 Å². The first kappa shape index (κ1) is 18.2. The summed E-state index contributed by atoms with van der Waals surface area (Å²) in [6.07, 6.45) is 5.27. The lowest BCUT2D eigenvalue weighted by Gasteiger charge is -2.11. The smallest absolute Gasteiger partial charge is 0.228 e. The van der Waals surface area contributed by atoms with Gasteiger partial charge >= 0.3 is 0 Å². The number of amides is 1. The van der Waals surface area contributed by atoms with E-state index >= 15 is 0 Å². The van der Waals surface area contributed by atoms with Gasteiger partial charge in [-0.2, -0.15) is 0 Å². The number of aryl methyl sites for hydroxylation is 1. The van der Waals surface area contributed by atoms with E-state index in [0.29, 0.717) is 28.8 Å². The lowest BCUT2D eigenvalue weighted by atomic mass is 10.3. The number of nitrogens with one attached hydrogen (secondary N) is 2. The van der Waals surface area contributed by atoms with Crippen molar-refractivity contribution in [1.82, 2.24) is 24.6 Å². The first-order valence-electron chi connectivity index (χ1n) is 9.60. The molecule has 4 heterocycles. The van der Waals surface area contributed by atoms with Gasteiger partial charge in [-0.25, -0.2) is 23.9 Å². The molecule has 0 unspecified atom stereocenters. The molecule has 4 aromatic rings. The lowest BCUT2D eigenvalue weighted by Crippen LogP contribution is -2.14. The van der Waals surface area contributed by atoms with Crippen LogP contribution in [0.2, 0.25) is 0 Å². The number of carbonyl (C=O) groups is 1. The number of hydrogen-bond donors (Lipinski definition) is 2. The van der Waals surface area contributed by atoms with E-state index in [1.165, 1.54) is 6.07 Å². The van der Waals surface area contributed by atoms with Gasteiger partial charge in [0.05, 0.1) is 5.69 Å². The third-order valence-electron chi connectivity index (χ3n) is 4.86. The van der Waals surface area contributed by atoms with Crippen molar-refractivity contribution in [2.45, 2.75) is 19.8 Å². The zero-order valence-electron chi connectivity index (χ0n) is 16.1. The average molecular weight is 403 g/mol. The SMILES string of the molecule is Cc1nc(-c2nc(Nc3ccnc(NC(=O)C4CC4)c3)c3cccn3n2)ccc1F. The third kappa shape index (κ3) is 3.57. The van der Waals surface area contributed by atoms with Crippen molar-refractivity contribution in [3.8, 4) is 11.5 Å². The van der Waals surface area contributed by atoms with Gasteiger partial charge in [0, 0.05) is 30.1 Å². The van der Waals surface area contributed by atoms with Crippen LogP contribution in [-0.4, -0.2) is 30.5 Å². The number of carbonyl (C=O) groups excluding carboxylic acids is 1. The Morgan fingerprint density at radius 1 is 1.20 bits per heavy atom. The molecule has 9 heteroatoms. The Morgan fingerprint density at radius 2 is 2.07 bits per heavy atom. The monoisotopic (exact) mass is 403 g/mol. The Hall–Kier alpha value is -3.88. The van der Waals surface area contributed by atoms with Gasteiger partial charge in [-0.15, -0.1) is 5.10 Å². The van der Waals surface area contributed by atoms with Crippen LogP contribution < -0.4 is 10.6 Å². The third-order valence-corrected chi connectivity index (χ3v) is 4.86. The zero-order chi connectivity index (χ0) is 20.7. The minimum atomic E-state index is -0.378. The first-order chi connectivity index (χ1) is 14.6. The Morgan fingerprint density at radius 3 is 2.87 bits per heavy atom. The number of halogens is 1. The molecule has 150 valence electrons. The molecule has 2 N–H and O–H groups in total. The zero-order valence-corrected chi connectivity index (χ0v) is 16.1. The molecule has 0 radical (unpaired) electrons. The van der Waals surface area contributed by atoms with Gasteiger partial charge in [0.15, 0.2) is 5.82 Å². The van der Waals surface area contributed by atoms with Crippen molar-refractivity contribution >= 4 is 28.7 Å². The largest absolute Gasteiger partial charge is 0.338 e. The van der Waals surface area contributed by atoms with Crippen molar-refractivity contribution in [3.05, 3.63) is 60.3 Å². The number of nitrogens with zero attached hydrogens (tertiary/aromatic N) is 5. The highest BCUT2D eigenvalue weighted by Gasteiger charge is 2.29. The maximum absolute atomic E-state index is 13.6. The van der Waals surface area contributed by atoms with E-state index in [-0.39, 0.29) is 23.3 Å². The van der Waals surface area contributed by atoms with Gasteiger partial charge in [-0.3, -0.25) is 4.79 Å². The molecule has 0 bridgehead atoms. The predicted molar refractivity (Wildman–Crippen MR) is 110 cm³/mol. The number of hydrogen-bond acceptors (Lipinski definition) is 6. The topological polar surface area (TPSA) is 97.1 Å². The van der Waals surface area contributed by atoms with Gasteiger partial charge in [-0.05, 0) is 50.1 Å². The minimum absolute atomic E-state index is 0.00398. The highest BCUT2D eigenvalue weighted by Crippen LogP contribution is 2.30. The number of aromatic nitrogens is 5. The van der Waals surface area contributed by atoms with Crippen LogP contribution in [0.4, 0.5) is 21.7 Å². The Bertz CT molecular complexity index is 1270. The van der Waals surface area contributed by atoms with Crippen LogP contribution in [0.1, 0.15) is 18.5 Å². The number of rotatable bonds is 5. The number of anilines is 3. The summed E-state index contributed by atoms with van der Waals surface area (Å²) in [6.45, 7) is 1.60. The predicted octanol–water partition coefficient (Wildman–Crippen LogP) is 3.73. The van der Waals surface area contributed by atoms with Crippen LogP contribution in [0.15, 0.2) is 48.8 Å². The number of fused-ring (bicyclic) bond motifs is 1. The summed E-state index contributed by atoms with van der Waals surface area (Å²) in [4.78, 5) is 25.1. The molecule has 1 saturated carbocycles. The van der Waals surface area contributed by atoms with Crippen molar-refractivity contribution in [3.63, 3.8) is 0 Å². The van der Waals surface area contributed by atoms with Gasteiger partial charge in [-0.1, -0.05) is 0 Å². The Kier molecular flexibility index (Phi) is 4.35. The molecule has 1 aliphatic rings. The molecular weight excluding hydrogens is 385 g/mol. The fourth-order valence-electron chi connectivity index (χ4n) is 3.09. The van der Waals surface area contributed by atoms with E-state index in [1.807, 2.05) is 12.1 Å². The second-order valence-corrected chi connectivity index (χ2v) is 7.20. The molecule has 1 amide bonds. The molecule has 8 nitrogen and oxygen atoms in total. The van der Waals surface area contributed by atoms with Crippen LogP contribution in [0.25, 0.3) is 17.0 Å². The van der Waals surface area contributed by atoms with Crippen LogP contribution >= 0.6 is 0 Å². The van der Waals surface area contributed by atoms with Crippen molar-refractivity contribution in [1.29, 1.82) is 0 Å². The van der Waals surface area contributed by atoms with E-state index in [1.54, 1.807) is 42.0 Å². The molecule has 5 rings (SSSR count). The molecule has 0 spiro atoms. The highest BCUT2D eigenvalue weighted by atomic mass is 19.1. The summed E-state index contributed by atoms with van der Waals surface area (Å²) in [5.41, 5.74) is 2.23. The van der Waals surface area contributed by atoms with E-state index < -0.39 is 0 Å². The highest BCUT2D eigenvalue weighted by molar-refractivity contribution is 5.93. The van der Waals surface area contributed by atoms with Gasteiger partial charge < -0.3 is 10.6 Å². The van der Waals surface area contributed by atoms with E-state index in [0.717, 1.165) is 18.4 Å². The molecule has 4 aromatic heterocycles. The molecule has 1 aliphatic carbocycles. The minimum Gasteiger partial charge on any atom is -0.338 e. The molecule has 0 aliphatic heterocycles. The quantitative estimate of drug-likeness (QED) is 0.527. The lowest BCUT2D eigenvalue weighted by molar-refractivity contribution is -0.117. The second kappa shape index (κ2) is 7.18. The van der Waals surface area contributed by atoms with Gasteiger partial charge in [0.2, 0.25) is 11.7 Å². The maximum Gasteiger partial charge on any atom is 0.228 e. The summed E-state index contributed by atoms with van der Waals surface area (Å²) >= 11 is 0.